The highest BCUT2D eigenvalue weighted by Gasteiger charge is 2.17. The minimum Gasteiger partial charge on any atom is -0.477 e. The molecular weight excluding hydrogens is 260 g/mol. The van der Waals surface area contributed by atoms with Crippen LogP contribution in [0.15, 0.2) is 6.07 Å². The van der Waals surface area contributed by atoms with Gasteiger partial charge in [-0.2, -0.15) is 5.10 Å². The molecule has 2 aromatic heterocycles. The molecule has 0 aliphatic rings. The number of aromatic carboxylic acids is 1. The van der Waals surface area contributed by atoms with Gasteiger partial charge in [-0.25, -0.2) is 4.79 Å². The molecule has 7 nitrogen and oxygen atoms in total. The molecule has 0 saturated heterocycles. The van der Waals surface area contributed by atoms with Crippen molar-refractivity contribution in [1.29, 1.82) is 0 Å². The molecule has 0 aromatic carbocycles. The van der Waals surface area contributed by atoms with E-state index >= 15 is 0 Å². The van der Waals surface area contributed by atoms with Crippen LogP contribution in [0.4, 0.5) is 5.69 Å². The zero-order valence-electron chi connectivity index (χ0n) is 11.5. The van der Waals surface area contributed by atoms with Gasteiger partial charge in [0, 0.05) is 17.0 Å². The van der Waals surface area contributed by atoms with Crippen molar-refractivity contribution in [3.63, 3.8) is 0 Å². The lowest BCUT2D eigenvalue weighted by atomic mass is 10.1. The number of H-pyrrole nitrogens is 2. The number of carbonyl (C=O) groups is 2. The number of aromatic amines is 2. The number of nitrogens with one attached hydrogen (secondary N) is 3. The van der Waals surface area contributed by atoms with Gasteiger partial charge in [0.05, 0.1) is 17.8 Å². The molecule has 0 atom stereocenters. The van der Waals surface area contributed by atoms with E-state index < -0.39 is 5.97 Å². The van der Waals surface area contributed by atoms with Crippen molar-refractivity contribution in [2.24, 2.45) is 0 Å². The van der Waals surface area contributed by atoms with E-state index in [1.54, 1.807) is 13.0 Å². The number of hydrogen-bond acceptors (Lipinski definition) is 3. The summed E-state index contributed by atoms with van der Waals surface area (Å²) in [5.74, 6) is -1.39. The second kappa shape index (κ2) is 5.20. The van der Waals surface area contributed by atoms with Crippen molar-refractivity contribution in [3.8, 4) is 0 Å². The lowest BCUT2D eigenvalue weighted by molar-refractivity contribution is -0.115. The number of nitrogens with zero attached hydrogens (tertiary/aromatic N) is 1. The Bertz CT molecular complexity index is 650. The number of rotatable bonds is 4. The maximum atomic E-state index is 12.0. The first-order chi connectivity index (χ1) is 9.38. The fraction of sp³-hybridized carbons (Fsp3) is 0.308. The Morgan fingerprint density at radius 1 is 1.35 bits per heavy atom. The molecule has 1 amide bonds. The molecule has 0 aliphatic carbocycles. The van der Waals surface area contributed by atoms with E-state index in [9.17, 15) is 9.59 Å². The Labute approximate surface area is 115 Å². The molecule has 0 radical (unpaired) electrons. The minimum absolute atomic E-state index is 0.0171. The van der Waals surface area contributed by atoms with Crippen LogP contribution in [0.3, 0.4) is 0 Å². The smallest absolute Gasteiger partial charge is 0.354 e. The third-order valence-electron chi connectivity index (χ3n) is 3.06. The summed E-state index contributed by atoms with van der Waals surface area (Å²) in [4.78, 5) is 25.8. The minimum atomic E-state index is -1.11. The Kier molecular flexibility index (Phi) is 3.60. The Hall–Kier alpha value is -2.57. The summed E-state index contributed by atoms with van der Waals surface area (Å²) in [5.41, 5.74) is 3.36. The van der Waals surface area contributed by atoms with Gasteiger partial charge in [-0.05, 0) is 26.8 Å². The Morgan fingerprint density at radius 2 is 2.05 bits per heavy atom. The van der Waals surface area contributed by atoms with Crippen molar-refractivity contribution < 1.29 is 14.7 Å². The van der Waals surface area contributed by atoms with Crippen molar-refractivity contribution in [2.45, 2.75) is 27.2 Å². The number of carboxylic acid groups (broad SMARTS) is 1. The highest BCUT2D eigenvalue weighted by Crippen LogP contribution is 2.18. The quantitative estimate of drug-likeness (QED) is 0.678. The second-order valence-electron chi connectivity index (χ2n) is 4.68. The predicted octanol–water partition coefficient (Wildman–Crippen LogP) is 1.54. The van der Waals surface area contributed by atoms with Crippen molar-refractivity contribution in [2.75, 3.05) is 5.32 Å². The first-order valence-corrected chi connectivity index (χ1v) is 6.11. The van der Waals surface area contributed by atoms with Crippen LogP contribution in [0.1, 0.15) is 33.1 Å². The zero-order valence-corrected chi connectivity index (χ0v) is 11.5. The first-order valence-electron chi connectivity index (χ1n) is 6.11. The van der Waals surface area contributed by atoms with Gasteiger partial charge in [0.2, 0.25) is 5.91 Å². The van der Waals surface area contributed by atoms with Crippen LogP contribution in [-0.2, 0) is 11.2 Å². The molecule has 106 valence electrons. The van der Waals surface area contributed by atoms with E-state index in [-0.39, 0.29) is 23.7 Å². The summed E-state index contributed by atoms with van der Waals surface area (Å²) in [6.45, 7) is 5.38. The van der Waals surface area contributed by atoms with Crippen molar-refractivity contribution in [3.05, 3.63) is 34.4 Å². The monoisotopic (exact) mass is 276 g/mol. The van der Waals surface area contributed by atoms with Gasteiger partial charge in [0.25, 0.3) is 0 Å². The maximum absolute atomic E-state index is 12.0. The van der Waals surface area contributed by atoms with E-state index in [0.29, 0.717) is 5.69 Å². The van der Waals surface area contributed by atoms with Crippen LogP contribution < -0.4 is 5.32 Å². The fourth-order valence-corrected chi connectivity index (χ4v) is 2.05. The van der Waals surface area contributed by atoms with Gasteiger partial charge in [0.1, 0.15) is 5.69 Å². The summed E-state index contributed by atoms with van der Waals surface area (Å²) < 4.78 is 0. The Balaban J connectivity index is 2.15. The van der Waals surface area contributed by atoms with Gasteiger partial charge < -0.3 is 15.4 Å². The number of hydrogen-bond donors (Lipinski definition) is 4. The van der Waals surface area contributed by atoms with E-state index in [0.717, 1.165) is 17.0 Å². The second-order valence-corrected chi connectivity index (χ2v) is 4.68. The summed E-state index contributed by atoms with van der Waals surface area (Å²) in [5, 5.41) is 18.5. The summed E-state index contributed by atoms with van der Waals surface area (Å²) in [6.07, 6.45) is 0.150. The van der Waals surface area contributed by atoms with Gasteiger partial charge in [0.15, 0.2) is 0 Å². The Morgan fingerprint density at radius 3 is 2.60 bits per heavy atom. The third kappa shape index (κ3) is 2.71. The number of carbonyl (C=O) groups excluding carboxylic acids is 1. The van der Waals surface area contributed by atoms with Gasteiger partial charge in [-0.15, -0.1) is 0 Å². The standard InChI is InChI=1S/C13H16N4O3/c1-6-4-10(12(14-6)13(19)20)15-11(18)5-9-7(2)16-17-8(9)3/h4,14H,5H2,1-3H3,(H,15,18)(H,16,17)(H,19,20). The maximum Gasteiger partial charge on any atom is 0.354 e. The molecule has 2 heterocycles. The van der Waals surface area contributed by atoms with E-state index in [1.165, 1.54) is 0 Å². The number of anilines is 1. The zero-order chi connectivity index (χ0) is 14.9. The molecule has 0 bridgehead atoms. The largest absolute Gasteiger partial charge is 0.477 e. The number of aromatic nitrogens is 3. The molecule has 0 fully saturated rings. The van der Waals surface area contributed by atoms with Crippen molar-refractivity contribution in [1.82, 2.24) is 15.2 Å². The van der Waals surface area contributed by atoms with E-state index in [1.807, 2.05) is 13.8 Å². The van der Waals surface area contributed by atoms with Crippen LogP contribution in [-0.4, -0.2) is 32.2 Å². The summed E-state index contributed by atoms with van der Waals surface area (Å²) in [6, 6.07) is 1.59. The molecule has 20 heavy (non-hydrogen) atoms. The molecular formula is C13H16N4O3. The SMILES string of the molecule is Cc1cc(NC(=O)Cc2c(C)n[nH]c2C)c(C(=O)O)[nH]1. The van der Waals surface area contributed by atoms with E-state index in [2.05, 4.69) is 20.5 Å². The van der Waals surface area contributed by atoms with Crippen LogP contribution in [0.25, 0.3) is 0 Å². The number of aryl methyl sites for hydroxylation is 3. The fourth-order valence-electron chi connectivity index (χ4n) is 2.05. The van der Waals surface area contributed by atoms with Crippen molar-refractivity contribution >= 4 is 17.6 Å². The summed E-state index contributed by atoms with van der Waals surface area (Å²) >= 11 is 0. The van der Waals surface area contributed by atoms with Crippen LogP contribution in [0.5, 0.6) is 0 Å². The topological polar surface area (TPSA) is 111 Å². The van der Waals surface area contributed by atoms with E-state index in [4.69, 9.17) is 5.11 Å². The normalized spacial score (nSPS) is 10.6. The average Bonchev–Trinajstić information content (AvgIpc) is 2.86. The van der Waals surface area contributed by atoms with Crippen LogP contribution >= 0.6 is 0 Å². The average molecular weight is 276 g/mol. The lowest BCUT2D eigenvalue weighted by Gasteiger charge is -2.04. The van der Waals surface area contributed by atoms with Crippen LogP contribution in [0, 0.1) is 20.8 Å². The predicted molar refractivity (Wildman–Crippen MR) is 72.9 cm³/mol. The number of amides is 1. The van der Waals surface area contributed by atoms with Gasteiger partial charge >= 0.3 is 5.97 Å². The molecule has 2 rings (SSSR count). The van der Waals surface area contributed by atoms with Crippen LogP contribution in [0.2, 0.25) is 0 Å². The highest BCUT2D eigenvalue weighted by atomic mass is 16.4. The molecule has 7 heteroatoms. The van der Waals surface area contributed by atoms with Gasteiger partial charge in [-0.3, -0.25) is 9.89 Å². The first kappa shape index (κ1) is 13.9. The molecule has 4 N–H and O–H groups in total. The number of carboxylic acids is 1. The molecule has 0 spiro atoms. The molecule has 0 saturated carbocycles. The molecule has 0 aliphatic heterocycles. The third-order valence-corrected chi connectivity index (χ3v) is 3.06. The molecule has 0 unspecified atom stereocenters. The summed E-state index contributed by atoms with van der Waals surface area (Å²) in [7, 11) is 0. The highest BCUT2D eigenvalue weighted by molar-refractivity contribution is 6.00. The van der Waals surface area contributed by atoms with Gasteiger partial charge in [-0.1, -0.05) is 0 Å². The molecule has 2 aromatic rings. The lowest BCUT2D eigenvalue weighted by Crippen LogP contribution is -2.16.